The molecule has 2 aromatic carbocycles. The van der Waals surface area contributed by atoms with E-state index in [1.54, 1.807) is 30.3 Å². The van der Waals surface area contributed by atoms with Crippen molar-refractivity contribution >= 4 is 28.4 Å². The second-order valence-electron chi connectivity index (χ2n) is 5.17. The highest BCUT2D eigenvalue weighted by Crippen LogP contribution is 2.18. The second-order valence-corrected chi connectivity index (χ2v) is 5.17. The standard InChI is InChI=1S/C18H12N4O3/c19-10-12(9-11-5-2-1-3-6-11)16(23)20-14-8-4-7-13-15(14)18(25)22-21-17(13)24/h1-9H,(H,20,23)(H,21,24)(H,22,25)/b12-9+. The average molecular weight is 332 g/mol. The van der Waals surface area contributed by atoms with Crippen LogP contribution >= 0.6 is 0 Å². The molecule has 0 aliphatic rings. The van der Waals surface area contributed by atoms with Crippen LogP contribution < -0.4 is 16.4 Å². The van der Waals surface area contributed by atoms with Gasteiger partial charge < -0.3 is 5.32 Å². The van der Waals surface area contributed by atoms with Gasteiger partial charge in [-0.25, -0.2) is 0 Å². The van der Waals surface area contributed by atoms with E-state index in [2.05, 4.69) is 15.5 Å². The number of nitrogens with one attached hydrogen (secondary N) is 3. The summed E-state index contributed by atoms with van der Waals surface area (Å²) in [5, 5.41) is 16.4. The maximum Gasteiger partial charge on any atom is 0.272 e. The molecule has 0 radical (unpaired) electrons. The number of H-pyrrole nitrogens is 2. The van der Waals surface area contributed by atoms with Gasteiger partial charge in [-0.1, -0.05) is 36.4 Å². The van der Waals surface area contributed by atoms with Gasteiger partial charge in [-0.3, -0.25) is 24.6 Å². The number of aromatic amines is 2. The first-order valence-corrected chi connectivity index (χ1v) is 7.32. The summed E-state index contributed by atoms with van der Waals surface area (Å²) in [5.74, 6) is -0.668. The van der Waals surface area contributed by atoms with Crippen molar-refractivity contribution in [3.05, 3.63) is 80.4 Å². The van der Waals surface area contributed by atoms with Crippen molar-refractivity contribution in [2.45, 2.75) is 0 Å². The number of nitrogens with zero attached hydrogens (tertiary/aromatic N) is 1. The SMILES string of the molecule is N#C/C(=C\c1ccccc1)C(=O)Nc1cccc2c(=O)[nH][nH]c(=O)c12. The van der Waals surface area contributed by atoms with E-state index in [0.29, 0.717) is 5.56 Å². The molecule has 3 aromatic rings. The summed E-state index contributed by atoms with van der Waals surface area (Å²) in [5.41, 5.74) is -0.294. The Kier molecular flexibility index (Phi) is 4.26. The molecule has 0 aliphatic carbocycles. The number of benzene rings is 2. The van der Waals surface area contributed by atoms with Crippen LogP contribution in [0.3, 0.4) is 0 Å². The van der Waals surface area contributed by atoms with Crippen molar-refractivity contribution in [3.63, 3.8) is 0 Å². The monoisotopic (exact) mass is 332 g/mol. The number of amides is 1. The Morgan fingerprint density at radius 2 is 1.72 bits per heavy atom. The first kappa shape index (κ1) is 16.0. The molecule has 0 aliphatic heterocycles. The lowest BCUT2D eigenvalue weighted by Crippen LogP contribution is -2.21. The quantitative estimate of drug-likeness (QED) is 0.500. The van der Waals surface area contributed by atoms with Crippen molar-refractivity contribution in [1.29, 1.82) is 5.26 Å². The minimum Gasteiger partial charge on any atom is -0.321 e. The highest BCUT2D eigenvalue weighted by Gasteiger charge is 2.14. The zero-order valence-corrected chi connectivity index (χ0v) is 12.9. The molecule has 3 N–H and O–H groups in total. The summed E-state index contributed by atoms with van der Waals surface area (Å²) >= 11 is 0. The van der Waals surface area contributed by atoms with Gasteiger partial charge in [0, 0.05) is 0 Å². The maximum absolute atomic E-state index is 12.4. The zero-order chi connectivity index (χ0) is 17.8. The number of hydrogen-bond acceptors (Lipinski definition) is 4. The largest absolute Gasteiger partial charge is 0.321 e. The first-order valence-electron chi connectivity index (χ1n) is 7.32. The Hall–Kier alpha value is -3.92. The summed E-state index contributed by atoms with van der Waals surface area (Å²) in [6.45, 7) is 0. The minimum atomic E-state index is -0.668. The van der Waals surface area contributed by atoms with Gasteiger partial charge in [0.1, 0.15) is 11.6 Å². The summed E-state index contributed by atoms with van der Waals surface area (Å²) < 4.78 is 0. The fourth-order valence-corrected chi connectivity index (χ4v) is 2.39. The number of hydrogen-bond donors (Lipinski definition) is 3. The molecule has 0 atom stereocenters. The Morgan fingerprint density at radius 1 is 1.00 bits per heavy atom. The van der Waals surface area contributed by atoms with Gasteiger partial charge in [0.25, 0.3) is 17.0 Å². The number of fused-ring (bicyclic) bond motifs is 1. The average Bonchev–Trinajstić information content (AvgIpc) is 2.63. The van der Waals surface area contributed by atoms with Gasteiger partial charge in [0.05, 0.1) is 16.5 Å². The van der Waals surface area contributed by atoms with Crippen LogP contribution in [0.4, 0.5) is 5.69 Å². The molecule has 1 amide bonds. The first-order chi connectivity index (χ1) is 12.1. The van der Waals surface area contributed by atoms with E-state index in [0.717, 1.165) is 0 Å². The highest BCUT2D eigenvalue weighted by atomic mass is 16.2. The van der Waals surface area contributed by atoms with Crippen molar-refractivity contribution in [3.8, 4) is 6.07 Å². The van der Waals surface area contributed by atoms with Crippen LogP contribution in [0.25, 0.3) is 16.8 Å². The Bertz CT molecular complexity index is 1130. The third kappa shape index (κ3) is 3.23. The second kappa shape index (κ2) is 6.68. The van der Waals surface area contributed by atoms with Crippen LogP contribution in [0, 0.1) is 11.3 Å². The smallest absolute Gasteiger partial charge is 0.272 e. The van der Waals surface area contributed by atoms with Crippen LogP contribution in [0.1, 0.15) is 5.56 Å². The normalized spacial score (nSPS) is 11.1. The van der Waals surface area contributed by atoms with Crippen LogP contribution in [0.5, 0.6) is 0 Å². The van der Waals surface area contributed by atoms with E-state index in [1.165, 1.54) is 18.2 Å². The van der Waals surface area contributed by atoms with E-state index in [1.807, 2.05) is 12.1 Å². The summed E-state index contributed by atoms with van der Waals surface area (Å²) in [6.07, 6.45) is 1.44. The van der Waals surface area contributed by atoms with E-state index >= 15 is 0 Å². The van der Waals surface area contributed by atoms with Crippen molar-refractivity contribution in [2.75, 3.05) is 5.32 Å². The molecule has 7 nitrogen and oxygen atoms in total. The molecular formula is C18H12N4O3. The molecule has 0 saturated heterocycles. The Labute approximate surface area is 141 Å². The summed E-state index contributed by atoms with van der Waals surface area (Å²) in [7, 11) is 0. The third-order valence-corrected chi connectivity index (χ3v) is 3.55. The predicted octanol–water partition coefficient (Wildman–Crippen LogP) is 1.76. The third-order valence-electron chi connectivity index (χ3n) is 3.55. The lowest BCUT2D eigenvalue weighted by atomic mass is 10.1. The lowest BCUT2D eigenvalue weighted by molar-refractivity contribution is -0.112. The highest BCUT2D eigenvalue weighted by molar-refractivity contribution is 6.12. The van der Waals surface area contributed by atoms with Crippen molar-refractivity contribution < 1.29 is 4.79 Å². The Morgan fingerprint density at radius 3 is 2.44 bits per heavy atom. The van der Waals surface area contributed by atoms with E-state index in [4.69, 9.17) is 0 Å². The van der Waals surface area contributed by atoms with Gasteiger partial charge >= 0.3 is 0 Å². The topological polar surface area (TPSA) is 119 Å². The van der Waals surface area contributed by atoms with Crippen LogP contribution in [0.2, 0.25) is 0 Å². The number of carbonyl (C=O) groups excluding carboxylic acids is 1. The molecule has 3 rings (SSSR count). The summed E-state index contributed by atoms with van der Waals surface area (Å²) in [4.78, 5) is 36.2. The molecule has 122 valence electrons. The van der Waals surface area contributed by atoms with E-state index in [-0.39, 0.29) is 22.0 Å². The molecule has 25 heavy (non-hydrogen) atoms. The van der Waals surface area contributed by atoms with Crippen LogP contribution in [-0.2, 0) is 4.79 Å². The van der Waals surface area contributed by atoms with Crippen molar-refractivity contribution in [2.24, 2.45) is 0 Å². The number of aromatic nitrogens is 2. The molecule has 7 heteroatoms. The van der Waals surface area contributed by atoms with E-state index in [9.17, 15) is 19.6 Å². The number of anilines is 1. The maximum atomic E-state index is 12.4. The molecule has 0 bridgehead atoms. The fourth-order valence-electron chi connectivity index (χ4n) is 2.39. The van der Waals surface area contributed by atoms with Gasteiger partial charge in [-0.15, -0.1) is 0 Å². The summed E-state index contributed by atoms with van der Waals surface area (Å²) in [6, 6.07) is 15.3. The molecule has 0 spiro atoms. The number of rotatable bonds is 3. The molecule has 1 heterocycles. The number of nitriles is 1. The Balaban J connectivity index is 2.02. The van der Waals surface area contributed by atoms with Crippen LogP contribution in [0.15, 0.2) is 63.7 Å². The molecule has 0 fully saturated rings. The number of carbonyl (C=O) groups is 1. The molecule has 0 unspecified atom stereocenters. The van der Waals surface area contributed by atoms with E-state index < -0.39 is 17.0 Å². The predicted molar refractivity (Wildman–Crippen MR) is 93.9 cm³/mol. The van der Waals surface area contributed by atoms with Crippen molar-refractivity contribution in [1.82, 2.24) is 10.2 Å². The molecule has 1 aromatic heterocycles. The van der Waals surface area contributed by atoms with Gasteiger partial charge in [0.2, 0.25) is 0 Å². The van der Waals surface area contributed by atoms with Gasteiger partial charge in [-0.05, 0) is 23.8 Å². The fraction of sp³-hybridized carbons (Fsp3) is 0. The van der Waals surface area contributed by atoms with Gasteiger partial charge in [-0.2, -0.15) is 5.26 Å². The van der Waals surface area contributed by atoms with Gasteiger partial charge in [0.15, 0.2) is 0 Å². The lowest BCUT2D eigenvalue weighted by Gasteiger charge is -2.07. The minimum absolute atomic E-state index is 0.0524. The van der Waals surface area contributed by atoms with Crippen LogP contribution in [-0.4, -0.2) is 16.1 Å². The zero-order valence-electron chi connectivity index (χ0n) is 12.9. The molecule has 0 saturated carbocycles. The molecular weight excluding hydrogens is 320 g/mol.